The minimum absolute atomic E-state index is 0.210. The number of hydrogen-bond acceptors (Lipinski definition) is 0. The zero-order valence-corrected chi connectivity index (χ0v) is 23.2. The van der Waals surface area contributed by atoms with Gasteiger partial charge in [-0.15, -0.1) is 46.7 Å². The molecule has 0 unspecified atom stereocenters. The van der Waals surface area contributed by atoms with E-state index in [2.05, 4.69) is 115 Å². The molecule has 0 aliphatic carbocycles. The molecule has 0 spiro atoms. The largest absolute Gasteiger partial charge is 0.196 e. The molecule has 0 fully saturated rings. The van der Waals surface area contributed by atoms with Crippen molar-refractivity contribution in [2.45, 2.75) is 54.6 Å². The Kier molecular flexibility index (Phi) is 9.26. The fourth-order valence-corrected chi connectivity index (χ4v) is 3.56. The van der Waals surface area contributed by atoms with E-state index in [1.165, 1.54) is 55.3 Å². The molecular formula is C28H34SiZr. The van der Waals surface area contributed by atoms with E-state index in [1.807, 2.05) is 0 Å². The van der Waals surface area contributed by atoms with Gasteiger partial charge in [-0.2, -0.15) is 28.3 Å². The summed E-state index contributed by atoms with van der Waals surface area (Å²) in [6.45, 7) is 17.7. The van der Waals surface area contributed by atoms with Crippen LogP contribution in [0.5, 0.6) is 0 Å². The molecule has 154 valence electrons. The molecule has 0 aromatic heterocycles. The first-order valence-electron chi connectivity index (χ1n) is 10.6. The van der Waals surface area contributed by atoms with Gasteiger partial charge in [-0.3, -0.25) is 0 Å². The summed E-state index contributed by atoms with van der Waals surface area (Å²) in [5.74, 6) is 0. The molecule has 0 heterocycles. The molecule has 0 bridgehead atoms. The Labute approximate surface area is 198 Å². The van der Waals surface area contributed by atoms with Gasteiger partial charge in [0.2, 0.25) is 0 Å². The van der Waals surface area contributed by atoms with Gasteiger partial charge >= 0.3 is 41.9 Å². The van der Waals surface area contributed by atoms with E-state index < -0.39 is 0 Å². The predicted octanol–water partition coefficient (Wildman–Crippen LogP) is 8.27. The van der Waals surface area contributed by atoms with Gasteiger partial charge in [0.1, 0.15) is 0 Å². The van der Waals surface area contributed by atoms with E-state index in [9.17, 15) is 0 Å². The van der Waals surface area contributed by atoms with E-state index in [4.69, 9.17) is 0 Å². The maximum atomic E-state index is 2.31. The Morgan fingerprint density at radius 3 is 1.80 bits per heavy atom. The molecule has 0 amide bonds. The summed E-state index contributed by atoms with van der Waals surface area (Å²) >= 11 is 1.74. The fraction of sp³-hybridized carbons (Fsp3) is 0.286. The Morgan fingerprint density at radius 2 is 1.27 bits per heavy atom. The first-order valence-corrected chi connectivity index (χ1v) is 16.7. The predicted molar refractivity (Wildman–Crippen MR) is 133 cm³/mol. The maximum Gasteiger partial charge on any atom is -0.0395 e. The van der Waals surface area contributed by atoms with Crippen molar-refractivity contribution in [3.63, 3.8) is 0 Å². The van der Waals surface area contributed by atoms with Crippen molar-refractivity contribution in [2.24, 2.45) is 0 Å². The van der Waals surface area contributed by atoms with E-state index >= 15 is 0 Å². The summed E-state index contributed by atoms with van der Waals surface area (Å²) < 4.78 is 0. The summed E-state index contributed by atoms with van der Waals surface area (Å²) in [6, 6.07) is 21.8. The molecule has 4 aromatic rings. The number of aryl methyl sites for hydroxylation is 3. The number of rotatable bonds is 1. The van der Waals surface area contributed by atoms with Crippen molar-refractivity contribution in [3.8, 4) is 11.1 Å². The van der Waals surface area contributed by atoms with Gasteiger partial charge in [-0.05, 0) is 19.4 Å². The van der Waals surface area contributed by atoms with Gasteiger partial charge in [-0.1, -0.05) is 63.1 Å². The molecule has 0 saturated carbocycles. The van der Waals surface area contributed by atoms with Crippen LogP contribution in [-0.2, 0) is 23.3 Å². The van der Waals surface area contributed by atoms with Gasteiger partial charge in [0.15, 0.2) is 0 Å². The van der Waals surface area contributed by atoms with Crippen LogP contribution in [0, 0.1) is 41.5 Å². The Morgan fingerprint density at radius 1 is 0.700 bits per heavy atom. The van der Waals surface area contributed by atoms with E-state index in [0.29, 0.717) is 0 Å². The van der Waals surface area contributed by atoms with E-state index in [0.717, 1.165) is 0 Å². The van der Waals surface area contributed by atoms with Gasteiger partial charge in [0.25, 0.3) is 0 Å². The first-order chi connectivity index (χ1) is 14.1. The Hall–Kier alpha value is -1.50. The standard InChI is InChI=1S/C17H15.C9H13.C2H6Si.Zr/c1-12-6-5-9-15(13(12)2)17-11-10-14-7-3-4-8-16(14)17;1-6-5-7(2)9(4)8(6)3;1-3-2;/h3-11H,1-2H3;5H,1-4H3;1-2H3;/q2*-1;;+2. The van der Waals surface area contributed by atoms with Crippen LogP contribution in [0.4, 0.5) is 0 Å². The zero-order valence-electron chi connectivity index (χ0n) is 19.8. The maximum absolute atomic E-state index is 2.31. The molecule has 0 radical (unpaired) electrons. The molecular weight excluding hydrogens is 456 g/mol. The monoisotopic (exact) mass is 488 g/mol. The van der Waals surface area contributed by atoms with Crippen molar-refractivity contribution in [1.82, 2.24) is 0 Å². The number of hydrogen-bond donors (Lipinski definition) is 0. The SMILES string of the molecule is C[Si](C)=[Zr+2].Cc1[cH-]c(C)c(C)c1C.Cc1cccc(-c2c[cH-]c3ccccc23)c1C. The van der Waals surface area contributed by atoms with Crippen molar-refractivity contribution >= 4 is 16.2 Å². The van der Waals surface area contributed by atoms with Crippen LogP contribution in [-0.4, -0.2) is 5.43 Å². The number of fused-ring (bicyclic) bond motifs is 1. The third-order valence-electron chi connectivity index (χ3n) is 5.75. The first kappa shape index (κ1) is 24.8. The molecule has 4 aromatic carbocycles. The summed E-state index contributed by atoms with van der Waals surface area (Å²) in [6.07, 6.45) is 0. The van der Waals surface area contributed by atoms with Gasteiger partial charge < -0.3 is 0 Å². The molecule has 4 rings (SSSR count). The van der Waals surface area contributed by atoms with Crippen LogP contribution in [0.1, 0.15) is 33.4 Å². The minimum Gasteiger partial charge on any atom is -0.196 e. The summed E-state index contributed by atoms with van der Waals surface area (Å²) in [7, 11) is 0. The molecule has 0 atom stereocenters. The number of benzene rings is 2. The van der Waals surface area contributed by atoms with Crippen molar-refractivity contribution in [2.75, 3.05) is 0 Å². The molecule has 0 aliphatic heterocycles. The summed E-state index contributed by atoms with van der Waals surface area (Å²) in [5.41, 5.74) is 11.4. The van der Waals surface area contributed by atoms with Crippen LogP contribution in [0.2, 0.25) is 13.1 Å². The molecule has 30 heavy (non-hydrogen) atoms. The smallest absolute Gasteiger partial charge is 0.0395 e. The van der Waals surface area contributed by atoms with Crippen LogP contribution in [0.15, 0.2) is 60.7 Å². The molecule has 0 N–H and O–H groups in total. The topological polar surface area (TPSA) is 0 Å². The molecule has 0 aliphatic rings. The second-order valence-electron chi connectivity index (χ2n) is 8.34. The summed E-state index contributed by atoms with van der Waals surface area (Å²) in [4.78, 5) is 0. The van der Waals surface area contributed by atoms with Gasteiger partial charge in [0.05, 0.1) is 0 Å². The minimum atomic E-state index is 0.210. The average molecular weight is 490 g/mol. The average Bonchev–Trinajstić information content (AvgIpc) is 3.21. The van der Waals surface area contributed by atoms with Crippen molar-refractivity contribution in [1.29, 1.82) is 0 Å². The van der Waals surface area contributed by atoms with Gasteiger partial charge in [-0.25, -0.2) is 0 Å². The fourth-order valence-electron chi connectivity index (χ4n) is 3.56. The van der Waals surface area contributed by atoms with Crippen LogP contribution >= 0.6 is 0 Å². The summed E-state index contributed by atoms with van der Waals surface area (Å²) in [5, 5.41) is 2.67. The Balaban J connectivity index is 0.000000207. The molecule has 2 heteroatoms. The normalized spacial score (nSPS) is 10.2. The second kappa shape index (κ2) is 11.2. The molecule has 0 nitrogen and oxygen atoms in total. The third kappa shape index (κ3) is 6.25. The van der Waals surface area contributed by atoms with Crippen molar-refractivity contribution < 1.29 is 23.3 Å². The quantitative estimate of drug-likeness (QED) is 0.186. The van der Waals surface area contributed by atoms with Crippen LogP contribution in [0.3, 0.4) is 0 Å². The van der Waals surface area contributed by atoms with Crippen molar-refractivity contribution in [3.05, 3.63) is 94.0 Å². The van der Waals surface area contributed by atoms with Crippen LogP contribution < -0.4 is 0 Å². The van der Waals surface area contributed by atoms with E-state index in [1.54, 1.807) is 23.3 Å². The van der Waals surface area contributed by atoms with E-state index in [-0.39, 0.29) is 5.43 Å². The molecule has 0 saturated heterocycles. The van der Waals surface area contributed by atoms with Crippen LogP contribution in [0.25, 0.3) is 21.9 Å². The zero-order chi connectivity index (χ0) is 22.4. The van der Waals surface area contributed by atoms with Gasteiger partial charge in [0, 0.05) is 0 Å². The second-order valence-corrected chi connectivity index (χ2v) is 17.7. The third-order valence-corrected chi connectivity index (χ3v) is 5.75. The Bertz CT molecular complexity index is 1110.